The molecule has 6 heteroatoms. The number of halogens is 1. The van der Waals surface area contributed by atoms with Crippen LogP contribution in [0, 0.1) is 6.92 Å². The minimum absolute atomic E-state index is 0.00377. The van der Waals surface area contributed by atoms with Crippen molar-refractivity contribution in [3.8, 4) is 0 Å². The average molecular weight is 394 g/mol. The number of aryl methyl sites for hydroxylation is 1. The molecule has 1 saturated carbocycles. The Hall–Kier alpha value is -1.40. The van der Waals surface area contributed by atoms with Crippen LogP contribution in [0.4, 0.5) is 0 Å². The third-order valence-electron chi connectivity index (χ3n) is 4.68. The second-order valence-electron chi connectivity index (χ2n) is 6.79. The molecule has 0 heterocycles. The number of ether oxygens (including phenoxy) is 1. The Morgan fingerprint density at radius 3 is 2.46 bits per heavy atom. The summed E-state index contributed by atoms with van der Waals surface area (Å²) in [4.78, 5) is 0.263. The van der Waals surface area contributed by atoms with Crippen molar-refractivity contribution in [2.24, 2.45) is 0 Å². The largest absolute Gasteiger partial charge is 0.373 e. The molecular formula is C20H24ClNO3S. The van der Waals surface area contributed by atoms with E-state index in [0.29, 0.717) is 13.0 Å². The predicted molar refractivity (Wildman–Crippen MR) is 104 cm³/mol. The fraction of sp³-hybridized carbons (Fsp3) is 0.400. The Balaban J connectivity index is 1.62. The van der Waals surface area contributed by atoms with Gasteiger partial charge in [-0.3, -0.25) is 0 Å². The molecule has 3 rings (SSSR count). The molecular weight excluding hydrogens is 370 g/mol. The zero-order valence-electron chi connectivity index (χ0n) is 14.8. The highest BCUT2D eigenvalue weighted by molar-refractivity contribution is 7.89. The highest BCUT2D eigenvalue weighted by Crippen LogP contribution is 2.27. The minimum Gasteiger partial charge on any atom is -0.373 e. The van der Waals surface area contributed by atoms with Crippen LogP contribution in [-0.2, 0) is 21.4 Å². The van der Waals surface area contributed by atoms with Crippen LogP contribution in [0.3, 0.4) is 0 Å². The summed E-state index contributed by atoms with van der Waals surface area (Å²) in [5.74, 6) is 0. The molecule has 3 atom stereocenters. The van der Waals surface area contributed by atoms with Crippen molar-refractivity contribution in [3.63, 3.8) is 0 Å². The van der Waals surface area contributed by atoms with Crippen molar-refractivity contribution >= 4 is 21.6 Å². The first kappa shape index (κ1) is 19.4. The second-order valence-corrected chi connectivity index (χ2v) is 9.06. The molecule has 26 heavy (non-hydrogen) atoms. The van der Waals surface area contributed by atoms with Crippen LogP contribution in [-0.4, -0.2) is 25.9 Å². The van der Waals surface area contributed by atoms with E-state index in [2.05, 4.69) is 4.72 Å². The van der Waals surface area contributed by atoms with Gasteiger partial charge in [-0.05, 0) is 43.9 Å². The third-order valence-corrected chi connectivity index (χ3v) is 6.71. The lowest BCUT2D eigenvalue weighted by atomic mass is 9.93. The lowest BCUT2D eigenvalue weighted by Gasteiger charge is -2.33. The predicted octanol–water partition coefficient (Wildman–Crippen LogP) is 4.02. The van der Waals surface area contributed by atoms with Crippen LogP contribution >= 0.6 is 11.6 Å². The van der Waals surface area contributed by atoms with Crippen molar-refractivity contribution in [1.29, 1.82) is 0 Å². The van der Waals surface area contributed by atoms with E-state index in [4.69, 9.17) is 16.3 Å². The maximum atomic E-state index is 12.6. The number of benzene rings is 2. The fourth-order valence-corrected chi connectivity index (χ4v) is 4.80. The first-order chi connectivity index (χ1) is 12.4. The van der Waals surface area contributed by atoms with Gasteiger partial charge in [0.1, 0.15) is 0 Å². The number of sulfonamides is 1. The lowest BCUT2D eigenvalue weighted by molar-refractivity contribution is 0.0115. The fourth-order valence-electron chi connectivity index (χ4n) is 3.14. The highest BCUT2D eigenvalue weighted by atomic mass is 35.5. The molecule has 0 amide bonds. The van der Waals surface area contributed by atoms with Crippen LogP contribution in [0.1, 0.15) is 30.4 Å². The smallest absolute Gasteiger partial charge is 0.240 e. The van der Waals surface area contributed by atoms with Crippen LogP contribution < -0.4 is 4.72 Å². The van der Waals surface area contributed by atoms with E-state index in [9.17, 15) is 8.42 Å². The normalized spacial score (nSPS) is 23.7. The molecule has 0 unspecified atom stereocenters. The van der Waals surface area contributed by atoms with Crippen LogP contribution in [0.2, 0.25) is 0 Å². The van der Waals surface area contributed by atoms with Gasteiger partial charge in [0.05, 0.1) is 23.0 Å². The average Bonchev–Trinajstić information content (AvgIpc) is 2.63. The summed E-state index contributed by atoms with van der Waals surface area (Å²) in [5.41, 5.74) is 2.13. The first-order valence-corrected chi connectivity index (χ1v) is 10.7. The minimum atomic E-state index is -3.59. The zero-order valence-corrected chi connectivity index (χ0v) is 16.3. The van der Waals surface area contributed by atoms with E-state index in [0.717, 1.165) is 24.0 Å². The van der Waals surface area contributed by atoms with Crippen LogP contribution in [0.25, 0.3) is 0 Å². The van der Waals surface area contributed by atoms with E-state index < -0.39 is 10.0 Å². The van der Waals surface area contributed by atoms with Crippen molar-refractivity contribution in [2.75, 3.05) is 0 Å². The molecule has 1 fully saturated rings. The summed E-state index contributed by atoms with van der Waals surface area (Å²) in [6.45, 7) is 2.45. The quantitative estimate of drug-likeness (QED) is 0.754. The topological polar surface area (TPSA) is 55.4 Å². The molecule has 1 aliphatic rings. The van der Waals surface area contributed by atoms with Crippen molar-refractivity contribution in [2.45, 2.75) is 55.2 Å². The highest BCUT2D eigenvalue weighted by Gasteiger charge is 2.33. The van der Waals surface area contributed by atoms with Gasteiger partial charge >= 0.3 is 0 Å². The molecule has 0 saturated heterocycles. The van der Waals surface area contributed by atoms with Crippen molar-refractivity contribution in [3.05, 3.63) is 65.7 Å². The third kappa shape index (κ3) is 5.07. The Kier molecular flexibility index (Phi) is 6.35. The van der Waals surface area contributed by atoms with Crippen molar-refractivity contribution in [1.82, 2.24) is 4.72 Å². The van der Waals surface area contributed by atoms with E-state index >= 15 is 0 Å². The molecule has 1 aliphatic carbocycles. The lowest BCUT2D eigenvalue weighted by Crippen LogP contribution is -2.46. The summed E-state index contributed by atoms with van der Waals surface area (Å²) in [5, 5.41) is -0.230. The molecule has 4 nitrogen and oxygen atoms in total. The molecule has 140 valence electrons. The van der Waals surface area contributed by atoms with Crippen molar-refractivity contribution < 1.29 is 13.2 Å². The maximum absolute atomic E-state index is 12.6. The number of rotatable bonds is 6. The summed E-state index contributed by atoms with van der Waals surface area (Å²) in [6, 6.07) is 16.4. The molecule has 0 bridgehead atoms. The molecule has 0 aliphatic heterocycles. The standard InChI is InChI=1S/C20H24ClNO3S/c1-15-7-10-18(11-8-15)26(23,24)22-20-13-17(9-12-19(20)21)25-14-16-5-3-2-4-6-16/h2-8,10-11,17,19-20,22H,9,12-14H2,1H3/t17-,19-,20-/m0/s1. The molecule has 1 N–H and O–H groups in total. The van der Waals surface area contributed by atoms with Gasteiger partial charge in [-0.25, -0.2) is 13.1 Å². The van der Waals surface area contributed by atoms with Gasteiger partial charge in [0.2, 0.25) is 10.0 Å². The van der Waals surface area contributed by atoms with Gasteiger partial charge in [-0.2, -0.15) is 0 Å². The van der Waals surface area contributed by atoms with Gasteiger partial charge in [0.15, 0.2) is 0 Å². The van der Waals surface area contributed by atoms with E-state index in [1.54, 1.807) is 24.3 Å². The van der Waals surface area contributed by atoms with E-state index in [1.807, 2.05) is 37.3 Å². The monoisotopic (exact) mass is 393 g/mol. The Labute approximate surface area is 160 Å². The summed E-state index contributed by atoms with van der Waals surface area (Å²) in [7, 11) is -3.59. The van der Waals surface area contributed by atoms with Gasteiger partial charge in [0, 0.05) is 6.04 Å². The second kappa shape index (κ2) is 8.53. The number of nitrogens with one attached hydrogen (secondary N) is 1. The molecule has 0 aromatic heterocycles. The summed E-state index contributed by atoms with van der Waals surface area (Å²) < 4.78 is 34.0. The zero-order chi connectivity index (χ0) is 18.6. The van der Waals surface area contributed by atoms with Gasteiger partial charge in [0.25, 0.3) is 0 Å². The van der Waals surface area contributed by atoms with Gasteiger partial charge in [-0.15, -0.1) is 11.6 Å². The SMILES string of the molecule is Cc1ccc(S(=O)(=O)N[C@H]2C[C@@H](OCc3ccccc3)CC[C@@H]2Cl)cc1. The molecule has 2 aromatic rings. The Morgan fingerprint density at radius 2 is 1.77 bits per heavy atom. The summed E-state index contributed by atoms with van der Waals surface area (Å²) in [6.07, 6.45) is 2.13. The van der Waals surface area contributed by atoms with Gasteiger partial charge in [-0.1, -0.05) is 48.0 Å². The van der Waals surface area contributed by atoms with Gasteiger partial charge < -0.3 is 4.74 Å². The van der Waals surface area contributed by atoms with Crippen LogP contribution in [0.5, 0.6) is 0 Å². The maximum Gasteiger partial charge on any atom is 0.240 e. The Morgan fingerprint density at radius 1 is 1.08 bits per heavy atom. The van der Waals surface area contributed by atoms with E-state index in [-0.39, 0.29) is 22.4 Å². The van der Waals surface area contributed by atoms with E-state index in [1.165, 1.54) is 0 Å². The summed E-state index contributed by atoms with van der Waals surface area (Å²) >= 11 is 6.40. The number of hydrogen-bond acceptors (Lipinski definition) is 3. The number of hydrogen-bond donors (Lipinski definition) is 1. The number of alkyl halides is 1. The molecule has 0 spiro atoms. The molecule has 2 aromatic carbocycles. The molecule has 0 radical (unpaired) electrons. The van der Waals surface area contributed by atoms with Crippen LogP contribution in [0.15, 0.2) is 59.5 Å². The first-order valence-electron chi connectivity index (χ1n) is 8.82. The Bertz CT molecular complexity index is 809.